The summed E-state index contributed by atoms with van der Waals surface area (Å²) < 4.78 is 0. The lowest BCUT2D eigenvalue weighted by molar-refractivity contribution is 0.518. The third-order valence-electron chi connectivity index (χ3n) is 0.936. The molecule has 5 N–H and O–H groups in total. The Morgan fingerprint density at radius 1 is 1.15 bits per heavy atom. The highest BCUT2D eigenvalue weighted by Crippen LogP contribution is 1.80. The molecule has 13 heavy (non-hydrogen) atoms. The highest BCUT2D eigenvalue weighted by molar-refractivity contribution is 4.55. The molecule has 78 valence electrons. The first-order chi connectivity index (χ1) is 5.63. The van der Waals surface area contributed by atoms with Crippen molar-refractivity contribution in [3.63, 3.8) is 0 Å². The number of aromatic amines is 1. The van der Waals surface area contributed by atoms with Gasteiger partial charge in [0.2, 0.25) is 0 Å². The summed E-state index contributed by atoms with van der Waals surface area (Å²) in [7, 11) is 0. The van der Waals surface area contributed by atoms with E-state index in [0.717, 1.165) is 0 Å². The average Bonchev–Trinajstić information content (AvgIpc) is 2.36. The van der Waals surface area contributed by atoms with Gasteiger partial charge in [-0.1, -0.05) is 27.7 Å². The van der Waals surface area contributed by atoms with Crippen molar-refractivity contribution in [3.05, 3.63) is 6.33 Å². The zero-order valence-electron chi connectivity index (χ0n) is 8.78. The fourth-order valence-corrected chi connectivity index (χ4v) is 0.796. The summed E-state index contributed by atoms with van der Waals surface area (Å²) in [5.74, 6) is 0. The first-order valence-corrected chi connectivity index (χ1v) is 4.06. The van der Waals surface area contributed by atoms with Crippen LogP contribution >= 0.6 is 0 Å². The summed E-state index contributed by atoms with van der Waals surface area (Å²) in [5.41, 5.74) is 0. The monoisotopic (exact) mass is 188 g/mol. The molecule has 0 aliphatic rings. The minimum absolute atomic E-state index is 0. The first-order valence-electron chi connectivity index (χ1n) is 4.06. The van der Waals surface area contributed by atoms with Crippen LogP contribution in [0, 0.1) is 0 Å². The van der Waals surface area contributed by atoms with Crippen molar-refractivity contribution in [3.8, 4) is 0 Å². The molecule has 0 saturated carbocycles. The molecule has 0 aliphatic carbocycles. The van der Waals surface area contributed by atoms with Crippen LogP contribution in [0.1, 0.15) is 27.7 Å². The maximum atomic E-state index is 3.31. The quantitative estimate of drug-likeness (QED) is 0.635. The van der Waals surface area contributed by atoms with Gasteiger partial charge in [-0.05, 0) is 10.4 Å². The van der Waals surface area contributed by atoms with E-state index in [0.29, 0.717) is 12.1 Å². The molecular weight excluding hydrogens is 168 g/mol. The van der Waals surface area contributed by atoms with Gasteiger partial charge < -0.3 is 11.5 Å². The van der Waals surface area contributed by atoms with Gasteiger partial charge in [0.1, 0.15) is 6.33 Å². The fourth-order valence-electron chi connectivity index (χ4n) is 0.796. The molecule has 1 heterocycles. The standard InChI is InChI=1S/C6H15N.CH2N4.H3N/c1-5(2)7-6(3)4;1-2-4-5-3-1;/h5-7H,1-4H3;1H,(H,2,3,4,5);1H3. The van der Waals surface area contributed by atoms with E-state index in [1.165, 1.54) is 6.33 Å². The Kier molecular flexibility index (Phi) is 10.1. The number of hydrogen-bond donors (Lipinski definition) is 3. The molecule has 0 amide bonds. The van der Waals surface area contributed by atoms with Gasteiger partial charge in [-0.25, -0.2) is 5.10 Å². The van der Waals surface area contributed by atoms with Crippen LogP contribution in [-0.4, -0.2) is 32.7 Å². The normalized spacial score (nSPS) is 9.08. The van der Waals surface area contributed by atoms with Crippen LogP contribution in [0.5, 0.6) is 0 Å². The molecule has 1 aromatic heterocycles. The van der Waals surface area contributed by atoms with Gasteiger partial charge in [0.25, 0.3) is 0 Å². The molecule has 0 saturated heterocycles. The van der Waals surface area contributed by atoms with E-state index in [2.05, 4.69) is 53.6 Å². The molecule has 0 aromatic carbocycles. The second-order valence-electron chi connectivity index (χ2n) is 3.04. The molecule has 1 aromatic rings. The van der Waals surface area contributed by atoms with E-state index < -0.39 is 0 Å². The highest BCUT2D eigenvalue weighted by Gasteiger charge is 1.92. The third-order valence-corrected chi connectivity index (χ3v) is 0.936. The van der Waals surface area contributed by atoms with Crippen LogP contribution in [0.4, 0.5) is 0 Å². The van der Waals surface area contributed by atoms with Gasteiger partial charge >= 0.3 is 0 Å². The van der Waals surface area contributed by atoms with Crippen LogP contribution < -0.4 is 11.5 Å². The van der Waals surface area contributed by atoms with Gasteiger partial charge in [0.15, 0.2) is 0 Å². The van der Waals surface area contributed by atoms with Crippen molar-refractivity contribution in [2.45, 2.75) is 39.8 Å². The lowest BCUT2D eigenvalue weighted by Gasteiger charge is -2.10. The van der Waals surface area contributed by atoms with Crippen LogP contribution in [0.2, 0.25) is 0 Å². The predicted molar refractivity (Wildman–Crippen MR) is 52.6 cm³/mol. The minimum atomic E-state index is 0. The number of H-pyrrole nitrogens is 1. The van der Waals surface area contributed by atoms with Crippen LogP contribution in [0.25, 0.3) is 0 Å². The Morgan fingerprint density at radius 3 is 1.77 bits per heavy atom. The second-order valence-corrected chi connectivity index (χ2v) is 3.04. The summed E-state index contributed by atoms with van der Waals surface area (Å²) in [5, 5.41) is 15.4. The van der Waals surface area contributed by atoms with Crippen molar-refractivity contribution in [1.82, 2.24) is 32.1 Å². The molecule has 6 heteroatoms. The number of aromatic nitrogens is 4. The molecule has 0 atom stereocenters. The molecule has 0 spiro atoms. The SMILES string of the molecule is CC(C)NC(C)C.N.c1nnn[nH]1. The van der Waals surface area contributed by atoms with E-state index in [1.54, 1.807) is 0 Å². The van der Waals surface area contributed by atoms with E-state index in [-0.39, 0.29) is 6.15 Å². The number of tetrazole rings is 1. The van der Waals surface area contributed by atoms with E-state index in [9.17, 15) is 0 Å². The van der Waals surface area contributed by atoms with Gasteiger partial charge in [-0.3, -0.25) is 0 Å². The number of nitrogens with zero attached hydrogens (tertiary/aromatic N) is 3. The third kappa shape index (κ3) is 13.9. The molecule has 0 bridgehead atoms. The average molecular weight is 188 g/mol. The fraction of sp³-hybridized carbons (Fsp3) is 0.857. The zero-order valence-corrected chi connectivity index (χ0v) is 8.78. The van der Waals surface area contributed by atoms with Crippen molar-refractivity contribution in [2.75, 3.05) is 0 Å². The second kappa shape index (κ2) is 9.08. The zero-order chi connectivity index (χ0) is 9.40. The summed E-state index contributed by atoms with van der Waals surface area (Å²) in [6.07, 6.45) is 1.40. The Bertz CT molecular complexity index is 136. The van der Waals surface area contributed by atoms with Crippen molar-refractivity contribution < 1.29 is 0 Å². The lowest BCUT2D eigenvalue weighted by atomic mass is 10.3. The summed E-state index contributed by atoms with van der Waals surface area (Å²) in [4.78, 5) is 0. The van der Waals surface area contributed by atoms with Crippen molar-refractivity contribution in [2.24, 2.45) is 0 Å². The predicted octanol–water partition coefficient (Wildman–Crippen LogP) is 0.754. The van der Waals surface area contributed by atoms with Crippen LogP contribution in [-0.2, 0) is 0 Å². The highest BCUT2D eigenvalue weighted by atomic mass is 15.5. The van der Waals surface area contributed by atoms with Gasteiger partial charge in [-0.2, -0.15) is 0 Å². The molecule has 0 unspecified atom stereocenters. The molecule has 0 fully saturated rings. The van der Waals surface area contributed by atoms with E-state index in [4.69, 9.17) is 0 Å². The van der Waals surface area contributed by atoms with Crippen molar-refractivity contribution in [1.29, 1.82) is 0 Å². The Balaban J connectivity index is 0. The topological polar surface area (TPSA) is 101 Å². The van der Waals surface area contributed by atoms with Gasteiger partial charge in [0.05, 0.1) is 0 Å². The number of rotatable bonds is 2. The molecule has 0 aliphatic heterocycles. The Hall–Kier alpha value is -1.01. The Morgan fingerprint density at radius 2 is 1.69 bits per heavy atom. The molecule has 1 rings (SSSR count). The van der Waals surface area contributed by atoms with Gasteiger partial charge in [0, 0.05) is 12.1 Å². The van der Waals surface area contributed by atoms with Crippen molar-refractivity contribution >= 4 is 0 Å². The summed E-state index contributed by atoms with van der Waals surface area (Å²) >= 11 is 0. The van der Waals surface area contributed by atoms with Crippen LogP contribution in [0.3, 0.4) is 0 Å². The molecule has 6 nitrogen and oxygen atoms in total. The smallest absolute Gasteiger partial charge is 0.135 e. The van der Waals surface area contributed by atoms with Crippen LogP contribution in [0.15, 0.2) is 6.33 Å². The molecular formula is C7H20N6. The number of hydrogen-bond acceptors (Lipinski definition) is 5. The first kappa shape index (κ1) is 14.5. The minimum Gasteiger partial charge on any atom is -0.344 e. The maximum Gasteiger partial charge on any atom is 0.135 e. The lowest BCUT2D eigenvalue weighted by Crippen LogP contribution is -2.29. The summed E-state index contributed by atoms with van der Waals surface area (Å²) in [6.45, 7) is 8.61. The Labute approximate surface area is 79.1 Å². The summed E-state index contributed by atoms with van der Waals surface area (Å²) in [6, 6.07) is 1.25. The molecule has 0 radical (unpaired) electrons. The largest absolute Gasteiger partial charge is 0.344 e. The maximum absolute atomic E-state index is 3.31. The number of nitrogens with one attached hydrogen (secondary N) is 2. The van der Waals surface area contributed by atoms with E-state index >= 15 is 0 Å². The van der Waals surface area contributed by atoms with Gasteiger partial charge in [-0.15, -0.1) is 5.10 Å². The van der Waals surface area contributed by atoms with E-state index in [1.807, 2.05) is 0 Å².